The molecule has 94 valence electrons. The van der Waals surface area contributed by atoms with Gasteiger partial charge >= 0.3 is 0 Å². The molecule has 3 rings (SSSR count). The van der Waals surface area contributed by atoms with Gasteiger partial charge in [-0.2, -0.15) is 0 Å². The van der Waals surface area contributed by atoms with Crippen LogP contribution in [-0.4, -0.2) is 19.9 Å². The van der Waals surface area contributed by atoms with Crippen LogP contribution in [0.2, 0.25) is 0 Å². The van der Waals surface area contributed by atoms with E-state index < -0.39 is 0 Å². The van der Waals surface area contributed by atoms with Gasteiger partial charge < -0.3 is 9.97 Å². The first-order chi connectivity index (χ1) is 9.25. The van der Waals surface area contributed by atoms with Gasteiger partial charge in [0.15, 0.2) is 11.6 Å². The number of H-pyrrole nitrogens is 2. The van der Waals surface area contributed by atoms with Crippen molar-refractivity contribution in [1.82, 2.24) is 19.9 Å². The molecule has 0 radical (unpaired) electrons. The molecule has 0 atom stereocenters. The summed E-state index contributed by atoms with van der Waals surface area (Å²) in [5, 5.41) is 0. The van der Waals surface area contributed by atoms with Gasteiger partial charge in [0.05, 0.1) is 5.69 Å². The van der Waals surface area contributed by atoms with Crippen molar-refractivity contribution in [2.45, 2.75) is 6.92 Å². The summed E-state index contributed by atoms with van der Waals surface area (Å²) in [7, 11) is 0. The monoisotopic (exact) mass is 268 g/mol. The van der Waals surface area contributed by atoms with Gasteiger partial charge in [-0.3, -0.25) is 0 Å². The van der Waals surface area contributed by atoms with Crippen molar-refractivity contribution in [3.63, 3.8) is 0 Å². The molecule has 0 bridgehead atoms. The second kappa shape index (κ2) is 4.78. The highest BCUT2D eigenvalue weighted by molar-refractivity contribution is 7.71. The SMILES string of the molecule is Cc1c(-c2ccccc2)[nH]c(-c2ncc[nH]2)nc1=S. The molecule has 3 aromatic rings. The predicted molar refractivity (Wildman–Crippen MR) is 77.2 cm³/mol. The molecule has 0 aliphatic carbocycles. The lowest BCUT2D eigenvalue weighted by atomic mass is 10.1. The van der Waals surface area contributed by atoms with Gasteiger partial charge in [0, 0.05) is 18.0 Å². The first-order valence-electron chi connectivity index (χ1n) is 5.92. The summed E-state index contributed by atoms with van der Waals surface area (Å²) in [6.07, 6.45) is 3.45. The zero-order valence-corrected chi connectivity index (χ0v) is 11.2. The molecule has 0 aliphatic rings. The van der Waals surface area contributed by atoms with Crippen molar-refractivity contribution < 1.29 is 0 Å². The van der Waals surface area contributed by atoms with Crippen molar-refractivity contribution in [3.05, 3.63) is 52.9 Å². The molecule has 2 heterocycles. The number of aromatic amines is 2. The van der Waals surface area contributed by atoms with Gasteiger partial charge in [-0.15, -0.1) is 0 Å². The van der Waals surface area contributed by atoms with E-state index >= 15 is 0 Å². The highest BCUT2D eigenvalue weighted by Crippen LogP contribution is 2.23. The molecule has 2 N–H and O–H groups in total. The zero-order chi connectivity index (χ0) is 13.2. The Morgan fingerprint density at radius 2 is 1.89 bits per heavy atom. The molecule has 0 unspecified atom stereocenters. The Labute approximate surface area is 115 Å². The highest BCUT2D eigenvalue weighted by atomic mass is 32.1. The molecule has 0 aliphatic heterocycles. The summed E-state index contributed by atoms with van der Waals surface area (Å²) in [6.45, 7) is 1.97. The lowest BCUT2D eigenvalue weighted by Gasteiger charge is -2.08. The topological polar surface area (TPSA) is 57.4 Å². The van der Waals surface area contributed by atoms with E-state index in [1.165, 1.54) is 0 Å². The minimum Gasteiger partial charge on any atom is -0.342 e. The Balaban J connectivity index is 2.23. The second-order valence-corrected chi connectivity index (χ2v) is 4.58. The van der Waals surface area contributed by atoms with Crippen LogP contribution in [0.15, 0.2) is 42.7 Å². The van der Waals surface area contributed by atoms with Crippen LogP contribution in [0.25, 0.3) is 22.9 Å². The largest absolute Gasteiger partial charge is 0.342 e. The molecule has 5 heteroatoms. The van der Waals surface area contributed by atoms with Gasteiger partial charge in [-0.25, -0.2) is 9.97 Å². The average molecular weight is 268 g/mol. The van der Waals surface area contributed by atoms with Gasteiger partial charge in [-0.05, 0) is 12.5 Å². The molecule has 0 amide bonds. The molecule has 19 heavy (non-hydrogen) atoms. The average Bonchev–Trinajstić information content (AvgIpc) is 2.97. The third-order valence-corrected chi connectivity index (χ3v) is 3.34. The Morgan fingerprint density at radius 1 is 1.11 bits per heavy atom. The van der Waals surface area contributed by atoms with E-state index in [2.05, 4.69) is 19.9 Å². The minimum atomic E-state index is 0.587. The van der Waals surface area contributed by atoms with Crippen molar-refractivity contribution in [2.75, 3.05) is 0 Å². The normalized spacial score (nSPS) is 10.6. The van der Waals surface area contributed by atoms with E-state index in [1.54, 1.807) is 12.4 Å². The Morgan fingerprint density at radius 3 is 2.58 bits per heavy atom. The maximum atomic E-state index is 5.33. The summed E-state index contributed by atoms with van der Waals surface area (Å²) >= 11 is 5.33. The van der Waals surface area contributed by atoms with E-state index in [4.69, 9.17) is 12.2 Å². The first-order valence-corrected chi connectivity index (χ1v) is 6.32. The quantitative estimate of drug-likeness (QED) is 0.699. The Hall–Kier alpha value is -2.27. The fourth-order valence-electron chi connectivity index (χ4n) is 1.93. The van der Waals surface area contributed by atoms with Crippen molar-refractivity contribution in [2.24, 2.45) is 0 Å². The third kappa shape index (κ3) is 2.20. The first kappa shape index (κ1) is 11.8. The van der Waals surface area contributed by atoms with E-state index in [1.807, 2.05) is 37.3 Å². The zero-order valence-electron chi connectivity index (χ0n) is 10.3. The third-order valence-electron chi connectivity index (χ3n) is 2.94. The predicted octanol–water partition coefficient (Wildman–Crippen LogP) is 3.50. The standard InChI is InChI=1S/C14H12N4S/c1-9-11(10-5-3-2-4-6-10)17-13(18-14(9)19)12-15-7-8-16-12/h2-8H,1H3,(H,15,16)(H,17,18,19). The summed E-state index contributed by atoms with van der Waals surface area (Å²) in [4.78, 5) is 14.9. The number of nitrogens with one attached hydrogen (secondary N) is 2. The van der Waals surface area contributed by atoms with Crippen molar-refractivity contribution in [3.8, 4) is 22.9 Å². The molecular formula is C14H12N4S. The summed E-state index contributed by atoms with van der Waals surface area (Å²) in [6, 6.07) is 10.1. The Bertz CT molecular complexity index is 745. The summed E-state index contributed by atoms with van der Waals surface area (Å²) in [5.41, 5.74) is 3.03. The van der Waals surface area contributed by atoms with Crippen molar-refractivity contribution >= 4 is 12.2 Å². The number of aromatic nitrogens is 4. The number of hydrogen-bond acceptors (Lipinski definition) is 3. The van der Waals surface area contributed by atoms with E-state index in [-0.39, 0.29) is 0 Å². The van der Waals surface area contributed by atoms with E-state index in [0.29, 0.717) is 16.3 Å². The molecule has 1 aromatic carbocycles. The number of benzene rings is 1. The highest BCUT2D eigenvalue weighted by Gasteiger charge is 2.09. The van der Waals surface area contributed by atoms with Gasteiger partial charge in [-0.1, -0.05) is 42.5 Å². The molecule has 0 saturated carbocycles. The van der Waals surface area contributed by atoms with Gasteiger partial charge in [0.2, 0.25) is 0 Å². The van der Waals surface area contributed by atoms with Crippen LogP contribution < -0.4 is 0 Å². The molecular weight excluding hydrogens is 256 g/mol. The number of hydrogen-bond donors (Lipinski definition) is 2. The molecule has 2 aromatic heterocycles. The lowest BCUT2D eigenvalue weighted by Crippen LogP contribution is -1.98. The number of rotatable bonds is 2. The van der Waals surface area contributed by atoms with Crippen LogP contribution in [-0.2, 0) is 0 Å². The van der Waals surface area contributed by atoms with Crippen LogP contribution in [0, 0.1) is 11.6 Å². The summed E-state index contributed by atoms with van der Waals surface area (Å²) < 4.78 is 0.587. The summed E-state index contributed by atoms with van der Waals surface area (Å²) in [5.74, 6) is 1.34. The van der Waals surface area contributed by atoms with Gasteiger partial charge in [0.25, 0.3) is 0 Å². The molecule has 0 spiro atoms. The van der Waals surface area contributed by atoms with Crippen LogP contribution in [0.4, 0.5) is 0 Å². The van der Waals surface area contributed by atoms with Crippen LogP contribution in [0.3, 0.4) is 0 Å². The van der Waals surface area contributed by atoms with E-state index in [9.17, 15) is 0 Å². The van der Waals surface area contributed by atoms with Crippen LogP contribution in [0.1, 0.15) is 5.56 Å². The Kier molecular flexibility index (Phi) is 2.97. The molecule has 0 saturated heterocycles. The number of imidazole rings is 1. The maximum absolute atomic E-state index is 5.33. The van der Waals surface area contributed by atoms with Gasteiger partial charge in [0.1, 0.15) is 4.64 Å². The van der Waals surface area contributed by atoms with Crippen molar-refractivity contribution in [1.29, 1.82) is 0 Å². The minimum absolute atomic E-state index is 0.587. The van der Waals surface area contributed by atoms with Crippen LogP contribution >= 0.6 is 12.2 Å². The van der Waals surface area contributed by atoms with E-state index in [0.717, 1.165) is 16.8 Å². The van der Waals surface area contributed by atoms with Crippen LogP contribution in [0.5, 0.6) is 0 Å². The smallest absolute Gasteiger partial charge is 0.175 e. The molecule has 4 nitrogen and oxygen atoms in total. The maximum Gasteiger partial charge on any atom is 0.175 e. The molecule has 0 fully saturated rings. The fourth-order valence-corrected chi connectivity index (χ4v) is 2.13. The lowest BCUT2D eigenvalue weighted by molar-refractivity contribution is 1.09. The fraction of sp³-hybridized carbons (Fsp3) is 0.0714. The number of nitrogens with zero attached hydrogens (tertiary/aromatic N) is 2. The second-order valence-electron chi connectivity index (χ2n) is 4.19.